The van der Waals surface area contributed by atoms with Crippen molar-refractivity contribution in [2.75, 3.05) is 49.2 Å². The Kier molecular flexibility index (Phi) is 7.28. The Morgan fingerprint density at radius 1 is 0.833 bits per heavy atom. The summed E-state index contributed by atoms with van der Waals surface area (Å²) in [5, 5.41) is 3.36. The highest BCUT2D eigenvalue weighted by molar-refractivity contribution is 5.75. The Balaban J connectivity index is 1.27. The first-order chi connectivity index (χ1) is 17.7. The molecule has 5 rings (SSSR count). The second-order valence-corrected chi connectivity index (χ2v) is 8.91. The molecule has 0 bridgehead atoms. The number of anilines is 3. The van der Waals surface area contributed by atoms with Gasteiger partial charge in [0.1, 0.15) is 17.8 Å². The molecule has 4 aromatic rings. The quantitative estimate of drug-likeness (QED) is 0.382. The Morgan fingerprint density at radius 2 is 1.44 bits per heavy atom. The summed E-state index contributed by atoms with van der Waals surface area (Å²) in [7, 11) is 1.67. The van der Waals surface area contributed by atoms with Crippen LogP contribution in [0.25, 0.3) is 0 Å². The molecule has 0 unspecified atom stereocenters. The Hall–Kier alpha value is -4.10. The van der Waals surface area contributed by atoms with Gasteiger partial charge in [-0.25, -0.2) is 9.97 Å². The van der Waals surface area contributed by atoms with E-state index in [4.69, 9.17) is 10.5 Å². The van der Waals surface area contributed by atoms with Crippen molar-refractivity contribution in [3.8, 4) is 5.75 Å². The average molecular weight is 481 g/mol. The minimum atomic E-state index is 0.221. The fraction of sp³-hybridized carbons (Fsp3) is 0.241. The van der Waals surface area contributed by atoms with E-state index in [1.165, 1.54) is 11.1 Å². The normalized spacial score (nSPS) is 14.1. The zero-order valence-electron chi connectivity index (χ0n) is 20.5. The third kappa shape index (κ3) is 5.26. The molecule has 3 aromatic carbocycles. The van der Waals surface area contributed by atoms with Crippen molar-refractivity contribution in [2.45, 2.75) is 12.6 Å². The molecular formula is C29H32N6O. The Labute approximate surface area is 212 Å². The molecule has 0 radical (unpaired) electrons. The monoisotopic (exact) mass is 480 g/mol. The number of ether oxygens (including phenoxy) is 1. The average Bonchev–Trinajstić information content (AvgIpc) is 2.95. The lowest BCUT2D eigenvalue weighted by atomic mass is 9.96. The van der Waals surface area contributed by atoms with Gasteiger partial charge in [0.05, 0.1) is 13.2 Å². The molecule has 0 amide bonds. The first-order valence-corrected chi connectivity index (χ1v) is 12.3. The molecule has 184 valence electrons. The predicted molar refractivity (Wildman–Crippen MR) is 145 cm³/mol. The molecule has 3 N–H and O–H groups in total. The van der Waals surface area contributed by atoms with Crippen molar-refractivity contribution in [1.29, 1.82) is 0 Å². The summed E-state index contributed by atoms with van der Waals surface area (Å²) >= 11 is 0. The van der Waals surface area contributed by atoms with E-state index >= 15 is 0 Å². The van der Waals surface area contributed by atoms with Gasteiger partial charge >= 0.3 is 0 Å². The van der Waals surface area contributed by atoms with E-state index in [1.807, 2.05) is 24.3 Å². The molecule has 0 saturated carbocycles. The molecule has 0 atom stereocenters. The second kappa shape index (κ2) is 11.1. The van der Waals surface area contributed by atoms with Crippen molar-refractivity contribution in [2.24, 2.45) is 0 Å². The fourth-order valence-electron chi connectivity index (χ4n) is 4.78. The van der Waals surface area contributed by atoms with E-state index in [0.717, 1.165) is 43.3 Å². The van der Waals surface area contributed by atoms with E-state index in [0.29, 0.717) is 18.1 Å². The number of benzene rings is 3. The number of piperazine rings is 1. The van der Waals surface area contributed by atoms with Crippen LogP contribution < -0.4 is 20.7 Å². The first-order valence-electron chi connectivity index (χ1n) is 12.3. The molecular weight excluding hydrogens is 448 g/mol. The molecule has 2 heterocycles. The standard InChI is InChI=1S/C29H32N6O/c1-36-25-14-12-22(13-15-25)20-31-28-26(30)29(33-21-32-28)35-18-16-34(17-19-35)27(23-8-4-2-5-9-23)24-10-6-3-7-11-24/h2-15,21,27H,16-20,30H2,1H3,(H,31,32,33). The molecule has 7 nitrogen and oxygen atoms in total. The van der Waals surface area contributed by atoms with Crippen LogP contribution in [0, 0.1) is 0 Å². The maximum absolute atomic E-state index is 6.54. The number of methoxy groups -OCH3 is 1. The zero-order valence-corrected chi connectivity index (χ0v) is 20.5. The van der Waals surface area contributed by atoms with Gasteiger partial charge in [-0.05, 0) is 28.8 Å². The van der Waals surface area contributed by atoms with E-state index in [2.05, 4.69) is 85.7 Å². The van der Waals surface area contributed by atoms with Crippen LogP contribution in [0.4, 0.5) is 17.3 Å². The van der Waals surface area contributed by atoms with Crippen molar-refractivity contribution >= 4 is 17.3 Å². The number of nitrogens with one attached hydrogen (secondary N) is 1. The van der Waals surface area contributed by atoms with Crippen LogP contribution >= 0.6 is 0 Å². The topological polar surface area (TPSA) is 79.5 Å². The Morgan fingerprint density at radius 3 is 2.03 bits per heavy atom. The maximum Gasteiger partial charge on any atom is 0.157 e. The SMILES string of the molecule is COc1ccc(CNc2ncnc(N3CCN(C(c4ccccc4)c4ccccc4)CC3)c2N)cc1. The number of nitrogen functional groups attached to an aromatic ring is 1. The highest BCUT2D eigenvalue weighted by Gasteiger charge is 2.28. The van der Waals surface area contributed by atoms with Gasteiger partial charge in [-0.3, -0.25) is 4.90 Å². The summed E-state index contributed by atoms with van der Waals surface area (Å²) in [4.78, 5) is 13.7. The Bertz CT molecular complexity index is 1200. The van der Waals surface area contributed by atoms with Crippen molar-refractivity contribution in [1.82, 2.24) is 14.9 Å². The van der Waals surface area contributed by atoms with E-state index < -0.39 is 0 Å². The predicted octanol–water partition coefficient (Wildman–Crippen LogP) is 4.59. The molecule has 36 heavy (non-hydrogen) atoms. The molecule has 1 aliphatic rings. The van der Waals surface area contributed by atoms with Crippen molar-refractivity contribution < 1.29 is 4.74 Å². The van der Waals surface area contributed by atoms with Gasteiger partial charge in [-0.2, -0.15) is 0 Å². The lowest BCUT2D eigenvalue weighted by Crippen LogP contribution is -2.48. The molecule has 0 spiro atoms. The van der Waals surface area contributed by atoms with Crippen LogP contribution in [0.3, 0.4) is 0 Å². The molecule has 1 fully saturated rings. The van der Waals surface area contributed by atoms with Gasteiger partial charge in [0.25, 0.3) is 0 Å². The molecule has 0 aliphatic carbocycles. The van der Waals surface area contributed by atoms with E-state index in [9.17, 15) is 0 Å². The molecule has 1 aromatic heterocycles. The fourth-order valence-corrected chi connectivity index (χ4v) is 4.78. The number of hydrogen-bond acceptors (Lipinski definition) is 7. The van der Waals surface area contributed by atoms with Crippen molar-refractivity contribution in [3.05, 3.63) is 108 Å². The van der Waals surface area contributed by atoms with Crippen LogP contribution in [-0.4, -0.2) is 48.2 Å². The minimum absolute atomic E-state index is 0.221. The van der Waals surface area contributed by atoms with Crippen LogP contribution in [0.15, 0.2) is 91.3 Å². The third-order valence-corrected chi connectivity index (χ3v) is 6.69. The van der Waals surface area contributed by atoms with Crippen LogP contribution in [0.1, 0.15) is 22.7 Å². The van der Waals surface area contributed by atoms with Gasteiger partial charge < -0.3 is 20.7 Å². The first kappa shape index (κ1) is 23.6. The van der Waals surface area contributed by atoms with Gasteiger partial charge in [0, 0.05) is 32.7 Å². The summed E-state index contributed by atoms with van der Waals surface area (Å²) in [5.74, 6) is 2.28. The van der Waals surface area contributed by atoms with Crippen LogP contribution in [-0.2, 0) is 6.54 Å². The van der Waals surface area contributed by atoms with Crippen LogP contribution in [0.2, 0.25) is 0 Å². The number of nitrogens with zero attached hydrogens (tertiary/aromatic N) is 4. The summed E-state index contributed by atoms with van der Waals surface area (Å²) in [5.41, 5.74) is 10.9. The zero-order chi connectivity index (χ0) is 24.7. The lowest BCUT2D eigenvalue weighted by Gasteiger charge is -2.40. The molecule has 1 saturated heterocycles. The highest BCUT2D eigenvalue weighted by atomic mass is 16.5. The second-order valence-electron chi connectivity index (χ2n) is 8.91. The number of nitrogens with two attached hydrogens (primary N) is 1. The van der Waals surface area contributed by atoms with Crippen LogP contribution in [0.5, 0.6) is 5.75 Å². The van der Waals surface area contributed by atoms with E-state index in [-0.39, 0.29) is 6.04 Å². The summed E-state index contributed by atoms with van der Waals surface area (Å²) in [6, 6.07) is 29.6. The number of rotatable bonds is 8. The lowest BCUT2D eigenvalue weighted by molar-refractivity contribution is 0.212. The van der Waals surface area contributed by atoms with Gasteiger partial charge in [-0.15, -0.1) is 0 Å². The summed E-state index contributed by atoms with van der Waals surface area (Å²) < 4.78 is 5.24. The summed E-state index contributed by atoms with van der Waals surface area (Å²) in [6.45, 7) is 4.12. The van der Waals surface area contributed by atoms with Gasteiger partial charge in [-0.1, -0.05) is 72.8 Å². The number of hydrogen-bond donors (Lipinski definition) is 2. The third-order valence-electron chi connectivity index (χ3n) is 6.69. The number of aromatic nitrogens is 2. The van der Waals surface area contributed by atoms with Crippen molar-refractivity contribution in [3.63, 3.8) is 0 Å². The van der Waals surface area contributed by atoms with Gasteiger partial charge in [0.2, 0.25) is 0 Å². The minimum Gasteiger partial charge on any atom is -0.497 e. The molecule has 7 heteroatoms. The highest BCUT2D eigenvalue weighted by Crippen LogP contribution is 2.32. The maximum atomic E-state index is 6.54. The van der Waals surface area contributed by atoms with E-state index in [1.54, 1.807) is 13.4 Å². The molecule has 1 aliphatic heterocycles. The van der Waals surface area contributed by atoms with Gasteiger partial charge in [0.15, 0.2) is 11.6 Å². The smallest absolute Gasteiger partial charge is 0.157 e. The largest absolute Gasteiger partial charge is 0.497 e. The summed E-state index contributed by atoms with van der Waals surface area (Å²) in [6.07, 6.45) is 1.59.